The molecule has 0 fully saturated rings. The highest BCUT2D eigenvalue weighted by Gasteiger charge is 1.97. The van der Waals surface area contributed by atoms with Gasteiger partial charge in [0.1, 0.15) is 0 Å². The minimum atomic E-state index is 0.0119. The van der Waals surface area contributed by atoms with Crippen LogP contribution >= 0.6 is 15.9 Å². The Balaban J connectivity index is 1.82. The molecule has 0 saturated heterocycles. The van der Waals surface area contributed by atoms with Gasteiger partial charge in [0, 0.05) is 42.6 Å². The van der Waals surface area contributed by atoms with Gasteiger partial charge < -0.3 is 9.88 Å². The number of aromatic nitrogens is 2. The summed E-state index contributed by atoms with van der Waals surface area (Å²) in [5.74, 6) is 0. The van der Waals surface area contributed by atoms with E-state index in [1.54, 1.807) is 29.1 Å². The van der Waals surface area contributed by atoms with E-state index in [0.29, 0.717) is 13.1 Å². The fraction of sp³-hybridized carbons (Fsp3) is 0.231. The van der Waals surface area contributed by atoms with E-state index < -0.39 is 0 Å². The third-order valence-electron chi connectivity index (χ3n) is 2.51. The molecule has 0 aromatic carbocycles. The Labute approximate surface area is 114 Å². The Morgan fingerprint density at radius 3 is 2.94 bits per heavy atom. The topological polar surface area (TPSA) is 46.9 Å². The van der Waals surface area contributed by atoms with Crippen LogP contribution in [0.4, 0.5) is 0 Å². The lowest BCUT2D eigenvalue weighted by molar-refractivity contribution is 0.580. The van der Waals surface area contributed by atoms with E-state index >= 15 is 0 Å². The molecule has 2 aromatic heterocycles. The number of hydrogen-bond donors (Lipinski definition) is 1. The summed E-state index contributed by atoms with van der Waals surface area (Å²) < 4.78 is 2.59. The normalized spacial score (nSPS) is 10.5. The first kappa shape index (κ1) is 13.0. The molecular weight excluding hydrogens is 294 g/mol. The Kier molecular flexibility index (Phi) is 4.66. The molecule has 5 heteroatoms. The molecule has 0 aliphatic heterocycles. The molecule has 0 bridgehead atoms. The van der Waals surface area contributed by atoms with Gasteiger partial charge in [-0.15, -0.1) is 0 Å². The highest BCUT2D eigenvalue weighted by atomic mass is 79.9. The summed E-state index contributed by atoms with van der Waals surface area (Å²) in [5.41, 5.74) is 1.01. The Morgan fingerprint density at radius 1 is 1.28 bits per heavy atom. The van der Waals surface area contributed by atoms with Crippen LogP contribution in [0.5, 0.6) is 0 Å². The first-order valence-corrected chi connectivity index (χ1v) is 6.51. The number of nitrogens with zero attached hydrogens (tertiary/aromatic N) is 2. The second-order valence-corrected chi connectivity index (χ2v) is 4.79. The third-order valence-corrected chi connectivity index (χ3v) is 2.98. The molecule has 0 atom stereocenters. The van der Waals surface area contributed by atoms with E-state index in [0.717, 1.165) is 16.7 Å². The largest absolute Gasteiger partial charge is 0.313 e. The number of hydrogen-bond acceptors (Lipinski definition) is 3. The zero-order chi connectivity index (χ0) is 12.8. The smallest absolute Gasteiger partial charge is 0.250 e. The number of halogens is 1. The van der Waals surface area contributed by atoms with E-state index in [1.807, 2.05) is 18.2 Å². The van der Waals surface area contributed by atoms with Gasteiger partial charge in [-0.1, -0.05) is 6.07 Å². The van der Waals surface area contributed by atoms with E-state index in [4.69, 9.17) is 0 Å². The van der Waals surface area contributed by atoms with Crippen molar-refractivity contribution < 1.29 is 0 Å². The van der Waals surface area contributed by atoms with Crippen LogP contribution in [-0.2, 0) is 13.1 Å². The van der Waals surface area contributed by atoms with Crippen molar-refractivity contribution in [3.63, 3.8) is 0 Å². The zero-order valence-electron chi connectivity index (χ0n) is 9.84. The number of nitrogens with one attached hydrogen (secondary N) is 1. The summed E-state index contributed by atoms with van der Waals surface area (Å²) in [5, 5.41) is 3.26. The van der Waals surface area contributed by atoms with Crippen LogP contribution < -0.4 is 10.9 Å². The molecule has 2 rings (SSSR count). The lowest BCUT2D eigenvalue weighted by Crippen LogP contribution is -2.26. The van der Waals surface area contributed by atoms with E-state index in [9.17, 15) is 4.79 Å². The van der Waals surface area contributed by atoms with Crippen LogP contribution in [0.2, 0.25) is 0 Å². The van der Waals surface area contributed by atoms with Crippen molar-refractivity contribution in [2.75, 3.05) is 6.54 Å². The van der Waals surface area contributed by atoms with Gasteiger partial charge in [-0.25, -0.2) is 0 Å². The van der Waals surface area contributed by atoms with Gasteiger partial charge in [-0.2, -0.15) is 0 Å². The summed E-state index contributed by atoms with van der Waals surface area (Å²) in [6.07, 6.45) is 3.57. The summed E-state index contributed by atoms with van der Waals surface area (Å²) in [6, 6.07) is 9.13. The molecular formula is C13H14BrN3O. The predicted octanol–water partition coefficient (Wildman–Crippen LogP) is 1.80. The second kappa shape index (κ2) is 6.47. The zero-order valence-corrected chi connectivity index (χ0v) is 11.4. The minimum Gasteiger partial charge on any atom is -0.313 e. The fourth-order valence-corrected chi connectivity index (χ4v) is 1.97. The molecule has 1 N–H and O–H groups in total. The summed E-state index contributed by atoms with van der Waals surface area (Å²) in [7, 11) is 0. The summed E-state index contributed by atoms with van der Waals surface area (Å²) in [6.45, 7) is 2.08. The highest BCUT2D eigenvalue weighted by molar-refractivity contribution is 9.10. The minimum absolute atomic E-state index is 0.0119. The fourth-order valence-electron chi connectivity index (χ4n) is 1.60. The van der Waals surface area contributed by atoms with Crippen molar-refractivity contribution in [2.45, 2.75) is 13.1 Å². The standard InChI is InChI=1S/C13H14BrN3O/c14-11-4-5-13(18)17(10-11)8-7-15-9-12-3-1-2-6-16-12/h1-6,10,15H,7-9H2. The van der Waals surface area contributed by atoms with E-state index in [2.05, 4.69) is 26.2 Å². The predicted molar refractivity (Wildman–Crippen MR) is 74.3 cm³/mol. The van der Waals surface area contributed by atoms with Gasteiger partial charge in [0.05, 0.1) is 5.69 Å². The van der Waals surface area contributed by atoms with Crippen LogP contribution in [0, 0.1) is 0 Å². The van der Waals surface area contributed by atoms with Gasteiger partial charge in [0.2, 0.25) is 0 Å². The SMILES string of the molecule is O=c1ccc(Br)cn1CCNCc1ccccn1. The molecule has 2 aromatic rings. The molecule has 0 saturated carbocycles. The lowest BCUT2D eigenvalue weighted by Gasteiger charge is -2.07. The lowest BCUT2D eigenvalue weighted by atomic mass is 10.3. The van der Waals surface area contributed by atoms with Crippen LogP contribution in [0.25, 0.3) is 0 Å². The Morgan fingerprint density at radius 2 is 2.17 bits per heavy atom. The first-order chi connectivity index (χ1) is 8.75. The Bertz CT molecular complexity index is 554. The first-order valence-electron chi connectivity index (χ1n) is 5.72. The van der Waals surface area contributed by atoms with Gasteiger partial charge in [0.15, 0.2) is 0 Å². The number of rotatable bonds is 5. The van der Waals surface area contributed by atoms with Gasteiger partial charge in [0.25, 0.3) is 5.56 Å². The maximum absolute atomic E-state index is 11.5. The molecule has 18 heavy (non-hydrogen) atoms. The van der Waals surface area contributed by atoms with Crippen molar-refractivity contribution in [2.24, 2.45) is 0 Å². The molecule has 0 amide bonds. The monoisotopic (exact) mass is 307 g/mol. The summed E-state index contributed by atoms with van der Waals surface area (Å²) in [4.78, 5) is 15.8. The molecule has 94 valence electrons. The molecule has 0 radical (unpaired) electrons. The van der Waals surface area contributed by atoms with Crippen molar-refractivity contribution in [1.82, 2.24) is 14.9 Å². The number of pyridine rings is 2. The molecule has 4 nitrogen and oxygen atoms in total. The van der Waals surface area contributed by atoms with Crippen LogP contribution in [0.3, 0.4) is 0 Å². The van der Waals surface area contributed by atoms with Crippen LogP contribution in [0.15, 0.2) is 52.0 Å². The molecule has 2 heterocycles. The second-order valence-electron chi connectivity index (χ2n) is 3.88. The average Bonchev–Trinajstić information content (AvgIpc) is 2.40. The summed E-state index contributed by atoms with van der Waals surface area (Å²) >= 11 is 3.35. The highest BCUT2D eigenvalue weighted by Crippen LogP contribution is 2.04. The average molecular weight is 308 g/mol. The van der Waals surface area contributed by atoms with Gasteiger partial charge >= 0.3 is 0 Å². The molecule has 0 unspecified atom stereocenters. The van der Waals surface area contributed by atoms with Crippen molar-refractivity contribution >= 4 is 15.9 Å². The van der Waals surface area contributed by atoms with Gasteiger partial charge in [-0.3, -0.25) is 9.78 Å². The molecule has 0 aliphatic rings. The Hall–Kier alpha value is -1.46. The maximum atomic E-state index is 11.5. The van der Waals surface area contributed by atoms with Crippen molar-refractivity contribution in [3.8, 4) is 0 Å². The molecule has 0 spiro atoms. The van der Waals surface area contributed by atoms with Gasteiger partial charge in [-0.05, 0) is 34.1 Å². The van der Waals surface area contributed by atoms with Crippen LogP contribution in [0.1, 0.15) is 5.69 Å². The van der Waals surface area contributed by atoms with Crippen molar-refractivity contribution in [1.29, 1.82) is 0 Å². The van der Waals surface area contributed by atoms with E-state index in [-0.39, 0.29) is 5.56 Å². The van der Waals surface area contributed by atoms with Crippen LogP contribution in [-0.4, -0.2) is 16.1 Å². The third kappa shape index (κ3) is 3.78. The van der Waals surface area contributed by atoms with Crippen molar-refractivity contribution in [3.05, 3.63) is 63.2 Å². The maximum Gasteiger partial charge on any atom is 0.250 e. The quantitative estimate of drug-likeness (QED) is 0.857. The molecule has 0 aliphatic carbocycles. The van der Waals surface area contributed by atoms with E-state index in [1.165, 1.54) is 0 Å².